The molecule has 0 bridgehead atoms. The van der Waals surface area contributed by atoms with Gasteiger partial charge in [-0.25, -0.2) is 0 Å². The summed E-state index contributed by atoms with van der Waals surface area (Å²) in [5.74, 6) is 0.306. The van der Waals surface area contributed by atoms with Gasteiger partial charge in [0, 0.05) is 18.5 Å². The van der Waals surface area contributed by atoms with Crippen LogP contribution >= 0.6 is 0 Å². The Morgan fingerprint density at radius 1 is 1.38 bits per heavy atom. The van der Waals surface area contributed by atoms with Crippen molar-refractivity contribution in [3.63, 3.8) is 0 Å². The van der Waals surface area contributed by atoms with E-state index in [1.807, 2.05) is 0 Å². The molecule has 4 N–H and O–H groups in total. The third kappa shape index (κ3) is 7.51. The Hall–Kier alpha value is -0.770. The molecule has 0 radical (unpaired) electrons. The first-order chi connectivity index (χ1) is 7.63. The highest BCUT2D eigenvalue weighted by Gasteiger charge is 2.11. The molecule has 0 spiro atoms. The van der Waals surface area contributed by atoms with E-state index in [0.717, 1.165) is 6.42 Å². The van der Waals surface area contributed by atoms with Crippen LogP contribution in [0.2, 0.25) is 0 Å². The number of nitrogens with two attached hydrogens (primary N) is 1. The molecule has 0 aliphatic heterocycles. The largest absolute Gasteiger partial charge is 0.409 e. The molecule has 0 saturated heterocycles. The zero-order chi connectivity index (χ0) is 12.4. The average Bonchev–Trinajstić information content (AvgIpc) is 2.28. The Labute approximate surface area is 99.3 Å². The van der Waals surface area contributed by atoms with E-state index in [4.69, 9.17) is 10.9 Å². The number of nitrogens with one attached hydrogen (secondary N) is 1. The second-order valence-corrected chi connectivity index (χ2v) is 4.46. The summed E-state index contributed by atoms with van der Waals surface area (Å²) in [7, 11) is 0. The van der Waals surface area contributed by atoms with Gasteiger partial charge >= 0.3 is 0 Å². The summed E-state index contributed by atoms with van der Waals surface area (Å²) in [4.78, 5) is 0. The number of unbranched alkanes of at least 4 members (excludes halogenated alkanes) is 2. The summed E-state index contributed by atoms with van der Waals surface area (Å²) in [5, 5.41) is 15.1. The molecule has 2 unspecified atom stereocenters. The van der Waals surface area contributed by atoms with Crippen LogP contribution in [-0.4, -0.2) is 23.1 Å². The van der Waals surface area contributed by atoms with Crippen LogP contribution in [0, 0.1) is 0 Å². The van der Waals surface area contributed by atoms with Gasteiger partial charge in [-0.1, -0.05) is 38.3 Å². The van der Waals surface area contributed by atoms with Crippen LogP contribution in [0.5, 0.6) is 0 Å². The fraction of sp³-hybridized carbons (Fsp3) is 0.917. The van der Waals surface area contributed by atoms with E-state index in [9.17, 15) is 0 Å². The van der Waals surface area contributed by atoms with Gasteiger partial charge in [0.2, 0.25) is 0 Å². The molecule has 2 atom stereocenters. The molecule has 16 heavy (non-hydrogen) atoms. The molecule has 0 aromatic carbocycles. The van der Waals surface area contributed by atoms with E-state index in [0.29, 0.717) is 24.3 Å². The second-order valence-electron chi connectivity index (χ2n) is 4.46. The third-order valence-corrected chi connectivity index (χ3v) is 2.84. The van der Waals surface area contributed by atoms with Gasteiger partial charge in [0.25, 0.3) is 0 Å². The minimum Gasteiger partial charge on any atom is -0.409 e. The van der Waals surface area contributed by atoms with Crippen molar-refractivity contribution in [1.82, 2.24) is 5.32 Å². The lowest BCUT2D eigenvalue weighted by Gasteiger charge is -2.21. The van der Waals surface area contributed by atoms with Crippen LogP contribution < -0.4 is 11.1 Å². The highest BCUT2D eigenvalue weighted by Crippen LogP contribution is 2.06. The molecule has 4 heteroatoms. The van der Waals surface area contributed by atoms with Crippen LogP contribution in [0.3, 0.4) is 0 Å². The van der Waals surface area contributed by atoms with Crippen molar-refractivity contribution in [2.75, 3.05) is 0 Å². The SMILES string of the molecule is CCCCCC(C)NC(CC)CC(N)=NO. The predicted molar refractivity (Wildman–Crippen MR) is 68.8 cm³/mol. The van der Waals surface area contributed by atoms with E-state index in [2.05, 4.69) is 31.2 Å². The second kappa shape index (κ2) is 9.46. The lowest BCUT2D eigenvalue weighted by Crippen LogP contribution is -2.38. The summed E-state index contributed by atoms with van der Waals surface area (Å²) in [6, 6.07) is 0.815. The Kier molecular flexibility index (Phi) is 9.00. The summed E-state index contributed by atoms with van der Waals surface area (Å²) >= 11 is 0. The fourth-order valence-electron chi connectivity index (χ4n) is 1.80. The van der Waals surface area contributed by atoms with Gasteiger partial charge in [-0.2, -0.15) is 0 Å². The first-order valence-corrected chi connectivity index (χ1v) is 6.36. The third-order valence-electron chi connectivity index (χ3n) is 2.84. The van der Waals surface area contributed by atoms with Crippen molar-refractivity contribution in [1.29, 1.82) is 0 Å². The number of hydrogen-bond donors (Lipinski definition) is 3. The molecular formula is C12H27N3O. The molecule has 0 amide bonds. The van der Waals surface area contributed by atoms with Gasteiger partial charge in [0.1, 0.15) is 5.84 Å². The molecule has 96 valence electrons. The summed E-state index contributed by atoms with van der Waals surface area (Å²) < 4.78 is 0. The van der Waals surface area contributed by atoms with E-state index < -0.39 is 0 Å². The average molecular weight is 229 g/mol. The minimum absolute atomic E-state index is 0.306. The van der Waals surface area contributed by atoms with Crippen LogP contribution in [0.15, 0.2) is 5.16 Å². The Bertz CT molecular complexity index is 195. The Morgan fingerprint density at radius 2 is 2.06 bits per heavy atom. The summed E-state index contributed by atoms with van der Waals surface area (Å²) in [6.07, 6.45) is 6.63. The number of amidine groups is 1. The topological polar surface area (TPSA) is 70.6 Å². The number of rotatable bonds is 9. The van der Waals surface area contributed by atoms with E-state index in [1.165, 1.54) is 25.7 Å². The predicted octanol–water partition coefficient (Wildman–Crippen LogP) is 2.46. The van der Waals surface area contributed by atoms with E-state index in [-0.39, 0.29) is 0 Å². The highest BCUT2D eigenvalue weighted by atomic mass is 16.4. The highest BCUT2D eigenvalue weighted by molar-refractivity contribution is 5.80. The molecule has 0 rings (SSSR count). The first kappa shape index (κ1) is 15.2. The van der Waals surface area contributed by atoms with Gasteiger partial charge in [0.05, 0.1) is 0 Å². The van der Waals surface area contributed by atoms with Crippen molar-refractivity contribution >= 4 is 5.84 Å². The smallest absolute Gasteiger partial charge is 0.140 e. The van der Waals surface area contributed by atoms with Crippen LogP contribution in [0.1, 0.15) is 59.3 Å². The lowest BCUT2D eigenvalue weighted by atomic mass is 10.1. The first-order valence-electron chi connectivity index (χ1n) is 6.36. The standard InChI is InChI=1S/C12H27N3O/c1-4-6-7-8-10(3)14-11(5-2)9-12(13)15-16/h10-11,14,16H,4-9H2,1-3H3,(H2,13,15). The maximum absolute atomic E-state index is 8.52. The zero-order valence-electron chi connectivity index (χ0n) is 10.9. The van der Waals surface area contributed by atoms with Crippen molar-refractivity contribution in [3.8, 4) is 0 Å². The maximum Gasteiger partial charge on any atom is 0.140 e. The molecule has 0 aliphatic rings. The molecule has 0 fully saturated rings. The number of hydrogen-bond acceptors (Lipinski definition) is 3. The van der Waals surface area contributed by atoms with Crippen molar-refractivity contribution in [2.24, 2.45) is 10.9 Å². The van der Waals surface area contributed by atoms with Crippen molar-refractivity contribution < 1.29 is 5.21 Å². The van der Waals surface area contributed by atoms with Gasteiger partial charge < -0.3 is 16.3 Å². The molecule has 0 aliphatic carbocycles. The Morgan fingerprint density at radius 3 is 2.56 bits per heavy atom. The lowest BCUT2D eigenvalue weighted by molar-refractivity contribution is 0.314. The molecular weight excluding hydrogens is 202 g/mol. The molecule has 4 nitrogen and oxygen atoms in total. The summed E-state index contributed by atoms with van der Waals surface area (Å²) in [6.45, 7) is 6.52. The van der Waals surface area contributed by atoms with Gasteiger partial charge in [0.15, 0.2) is 0 Å². The zero-order valence-corrected chi connectivity index (χ0v) is 10.9. The van der Waals surface area contributed by atoms with E-state index in [1.54, 1.807) is 0 Å². The number of oxime groups is 1. The van der Waals surface area contributed by atoms with Crippen LogP contribution in [0.25, 0.3) is 0 Å². The fourth-order valence-corrected chi connectivity index (χ4v) is 1.80. The normalized spacial score (nSPS) is 16.1. The molecule has 0 heterocycles. The van der Waals surface area contributed by atoms with Gasteiger partial charge in [-0.3, -0.25) is 0 Å². The van der Waals surface area contributed by atoms with Crippen molar-refractivity contribution in [2.45, 2.75) is 71.4 Å². The van der Waals surface area contributed by atoms with Crippen LogP contribution in [-0.2, 0) is 0 Å². The van der Waals surface area contributed by atoms with E-state index >= 15 is 0 Å². The van der Waals surface area contributed by atoms with Crippen LogP contribution in [0.4, 0.5) is 0 Å². The maximum atomic E-state index is 8.52. The molecule has 0 aromatic rings. The molecule has 0 aromatic heterocycles. The Balaban J connectivity index is 3.82. The molecule has 0 saturated carbocycles. The quantitative estimate of drug-likeness (QED) is 0.187. The van der Waals surface area contributed by atoms with Crippen molar-refractivity contribution in [3.05, 3.63) is 0 Å². The number of nitrogens with zero attached hydrogens (tertiary/aromatic N) is 1. The summed E-state index contributed by atoms with van der Waals surface area (Å²) in [5.41, 5.74) is 5.51. The minimum atomic E-state index is 0.306. The van der Waals surface area contributed by atoms with Gasteiger partial charge in [-0.15, -0.1) is 0 Å². The van der Waals surface area contributed by atoms with Gasteiger partial charge in [-0.05, 0) is 19.8 Å². The monoisotopic (exact) mass is 229 g/mol.